The maximum absolute atomic E-state index is 12.9. The van der Waals surface area contributed by atoms with Gasteiger partial charge in [0.15, 0.2) is 5.41 Å². The number of amides is 1. The van der Waals surface area contributed by atoms with E-state index in [1.54, 1.807) is 13.8 Å². The van der Waals surface area contributed by atoms with Crippen molar-refractivity contribution in [2.45, 2.75) is 45.1 Å². The van der Waals surface area contributed by atoms with Crippen LogP contribution < -0.4 is 5.73 Å². The van der Waals surface area contributed by atoms with Crippen LogP contribution in [0.5, 0.6) is 0 Å². The second kappa shape index (κ2) is 5.66. The normalized spacial score (nSPS) is 21.0. The second-order valence-corrected chi connectivity index (χ2v) is 5.82. The van der Waals surface area contributed by atoms with E-state index in [-0.39, 0.29) is 12.3 Å². The molecule has 0 saturated carbocycles. The van der Waals surface area contributed by atoms with Crippen molar-refractivity contribution in [3.63, 3.8) is 0 Å². The summed E-state index contributed by atoms with van der Waals surface area (Å²) in [5.74, 6) is -0.847. The molecule has 1 saturated heterocycles. The molecular formula is C12H18F6N2O. The largest absolute Gasteiger partial charge is 0.404 e. The van der Waals surface area contributed by atoms with Crippen molar-refractivity contribution in [1.82, 2.24) is 4.90 Å². The van der Waals surface area contributed by atoms with E-state index in [1.807, 2.05) is 0 Å². The van der Waals surface area contributed by atoms with Crippen molar-refractivity contribution < 1.29 is 31.1 Å². The van der Waals surface area contributed by atoms with E-state index in [2.05, 4.69) is 0 Å². The van der Waals surface area contributed by atoms with Crippen molar-refractivity contribution in [1.29, 1.82) is 0 Å². The zero-order valence-electron chi connectivity index (χ0n) is 11.7. The lowest BCUT2D eigenvalue weighted by molar-refractivity contribution is -0.334. The molecule has 1 atom stereocenters. The third-order valence-electron chi connectivity index (χ3n) is 3.71. The van der Waals surface area contributed by atoms with Gasteiger partial charge >= 0.3 is 12.4 Å². The molecule has 0 radical (unpaired) electrons. The Morgan fingerprint density at radius 1 is 1.19 bits per heavy atom. The number of hydrogen-bond acceptors (Lipinski definition) is 2. The summed E-state index contributed by atoms with van der Waals surface area (Å²) < 4.78 is 77.2. The molecule has 1 aliphatic heterocycles. The highest BCUT2D eigenvalue weighted by Crippen LogP contribution is 2.55. The predicted octanol–water partition coefficient (Wildman–Crippen LogP) is 2.70. The van der Waals surface area contributed by atoms with E-state index in [0.717, 1.165) is 0 Å². The molecule has 3 nitrogen and oxygen atoms in total. The van der Waals surface area contributed by atoms with E-state index >= 15 is 0 Å². The number of alkyl halides is 6. The number of nitrogens with two attached hydrogens (primary N) is 1. The first-order valence-corrected chi connectivity index (χ1v) is 6.49. The van der Waals surface area contributed by atoms with Gasteiger partial charge in [-0.1, -0.05) is 13.8 Å². The highest BCUT2D eigenvalue weighted by atomic mass is 19.4. The minimum atomic E-state index is -5.46. The topological polar surface area (TPSA) is 46.3 Å². The average Bonchev–Trinajstić information content (AvgIpc) is 2.71. The Labute approximate surface area is 118 Å². The SMILES string of the molecule is CC(C)C[C@H](N)C(=O)N1CCC(C(F)(F)F)(C(F)(F)F)C1. The summed E-state index contributed by atoms with van der Waals surface area (Å²) in [7, 11) is 0. The van der Waals surface area contributed by atoms with Gasteiger partial charge in [0.25, 0.3) is 0 Å². The van der Waals surface area contributed by atoms with Crippen molar-refractivity contribution in [2.24, 2.45) is 17.1 Å². The Balaban J connectivity index is 2.93. The quantitative estimate of drug-likeness (QED) is 0.813. The van der Waals surface area contributed by atoms with Crippen molar-refractivity contribution in [3.05, 3.63) is 0 Å². The van der Waals surface area contributed by atoms with Crippen LogP contribution in [0.2, 0.25) is 0 Å². The summed E-state index contributed by atoms with van der Waals surface area (Å²) in [6.45, 7) is 1.51. The molecule has 1 rings (SSSR count). The van der Waals surface area contributed by atoms with Crippen LogP contribution in [0, 0.1) is 11.3 Å². The molecular weight excluding hydrogens is 302 g/mol. The predicted molar refractivity (Wildman–Crippen MR) is 63.2 cm³/mol. The summed E-state index contributed by atoms with van der Waals surface area (Å²) in [5.41, 5.74) is 1.70. The van der Waals surface area contributed by atoms with E-state index < -0.39 is 49.2 Å². The molecule has 0 spiro atoms. The lowest BCUT2D eigenvalue weighted by atomic mass is 9.85. The molecule has 0 bridgehead atoms. The Morgan fingerprint density at radius 3 is 2.00 bits per heavy atom. The van der Waals surface area contributed by atoms with E-state index in [9.17, 15) is 31.1 Å². The van der Waals surface area contributed by atoms with Crippen LogP contribution in [0.1, 0.15) is 26.7 Å². The summed E-state index contributed by atoms with van der Waals surface area (Å²) in [5, 5.41) is 0. The molecule has 0 aromatic rings. The lowest BCUT2D eigenvalue weighted by Crippen LogP contribution is -2.53. The Bertz CT molecular complexity index is 376. The van der Waals surface area contributed by atoms with Gasteiger partial charge in [-0.15, -0.1) is 0 Å². The Kier molecular flexibility index (Phi) is 4.87. The molecule has 1 aliphatic rings. The molecule has 0 aromatic heterocycles. The molecule has 9 heteroatoms. The van der Waals surface area contributed by atoms with Crippen LogP contribution in [-0.2, 0) is 4.79 Å². The maximum Gasteiger partial charge on any atom is 0.404 e. The highest BCUT2D eigenvalue weighted by Gasteiger charge is 2.72. The molecule has 0 unspecified atom stereocenters. The van der Waals surface area contributed by atoms with E-state index in [4.69, 9.17) is 5.73 Å². The fourth-order valence-corrected chi connectivity index (χ4v) is 2.46. The van der Waals surface area contributed by atoms with Gasteiger partial charge in [0.1, 0.15) is 0 Å². The van der Waals surface area contributed by atoms with Crippen molar-refractivity contribution in [2.75, 3.05) is 13.1 Å². The number of carbonyl (C=O) groups is 1. The summed E-state index contributed by atoms with van der Waals surface area (Å²) >= 11 is 0. The third-order valence-corrected chi connectivity index (χ3v) is 3.71. The number of hydrogen-bond donors (Lipinski definition) is 1. The van der Waals surface area contributed by atoms with Crippen LogP contribution in [0.4, 0.5) is 26.3 Å². The highest BCUT2D eigenvalue weighted by molar-refractivity contribution is 5.82. The van der Waals surface area contributed by atoms with Gasteiger partial charge in [-0.05, 0) is 18.8 Å². The standard InChI is InChI=1S/C12H18F6N2O/c1-7(2)5-8(19)9(21)20-4-3-10(6-20,11(13,14)15)12(16,17)18/h7-8H,3-6,19H2,1-2H3/t8-/m0/s1. The summed E-state index contributed by atoms with van der Waals surface area (Å²) in [4.78, 5) is 12.5. The fourth-order valence-electron chi connectivity index (χ4n) is 2.46. The molecule has 1 amide bonds. The minimum Gasteiger partial charge on any atom is -0.340 e. The maximum atomic E-state index is 12.9. The fraction of sp³-hybridized carbons (Fsp3) is 0.917. The van der Waals surface area contributed by atoms with Crippen LogP contribution in [0.3, 0.4) is 0 Å². The van der Waals surface area contributed by atoms with Crippen LogP contribution in [0.25, 0.3) is 0 Å². The Hall–Kier alpha value is -0.990. The van der Waals surface area contributed by atoms with Gasteiger partial charge < -0.3 is 10.6 Å². The monoisotopic (exact) mass is 320 g/mol. The molecule has 124 valence electrons. The second-order valence-electron chi connectivity index (χ2n) is 5.82. The number of nitrogens with zero attached hydrogens (tertiary/aromatic N) is 1. The zero-order chi connectivity index (χ0) is 16.6. The van der Waals surface area contributed by atoms with Gasteiger partial charge in [-0.25, -0.2) is 0 Å². The molecule has 2 N–H and O–H groups in total. The molecule has 1 fully saturated rings. The number of rotatable bonds is 3. The number of likely N-dealkylation sites (tertiary alicyclic amines) is 1. The average molecular weight is 320 g/mol. The Morgan fingerprint density at radius 2 is 1.67 bits per heavy atom. The summed E-state index contributed by atoms with van der Waals surface area (Å²) in [6, 6.07) is -1.08. The first kappa shape index (κ1) is 18.1. The van der Waals surface area contributed by atoms with Gasteiger partial charge in [-0.2, -0.15) is 26.3 Å². The van der Waals surface area contributed by atoms with Gasteiger partial charge in [0.05, 0.1) is 6.04 Å². The third kappa shape index (κ3) is 3.44. The van der Waals surface area contributed by atoms with Gasteiger partial charge in [0.2, 0.25) is 5.91 Å². The lowest BCUT2D eigenvalue weighted by Gasteiger charge is -2.33. The number of carbonyl (C=O) groups excluding carboxylic acids is 1. The van der Waals surface area contributed by atoms with Crippen LogP contribution in [0.15, 0.2) is 0 Å². The van der Waals surface area contributed by atoms with E-state index in [1.165, 1.54) is 0 Å². The smallest absolute Gasteiger partial charge is 0.340 e. The first-order valence-electron chi connectivity index (χ1n) is 6.49. The molecule has 0 aliphatic carbocycles. The molecule has 0 aromatic carbocycles. The van der Waals surface area contributed by atoms with Gasteiger partial charge in [-0.3, -0.25) is 4.79 Å². The van der Waals surface area contributed by atoms with Crippen molar-refractivity contribution in [3.8, 4) is 0 Å². The van der Waals surface area contributed by atoms with Crippen LogP contribution in [-0.4, -0.2) is 42.3 Å². The molecule has 21 heavy (non-hydrogen) atoms. The van der Waals surface area contributed by atoms with E-state index in [0.29, 0.717) is 4.90 Å². The summed E-state index contributed by atoms with van der Waals surface area (Å²) in [6.07, 6.45) is -11.9. The van der Waals surface area contributed by atoms with Crippen molar-refractivity contribution >= 4 is 5.91 Å². The zero-order valence-corrected chi connectivity index (χ0v) is 11.7. The van der Waals surface area contributed by atoms with Crippen LogP contribution >= 0.6 is 0 Å². The number of halogens is 6. The minimum absolute atomic E-state index is 0.0153. The molecule has 1 heterocycles. The van der Waals surface area contributed by atoms with Gasteiger partial charge in [0, 0.05) is 13.1 Å². The first-order chi connectivity index (χ1) is 9.32.